The van der Waals surface area contributed by atoms with Gasteiger partial charge in [0.2, 0.25) is 0 Å². The summed E-state index contributed by atoms with van der Waals surface area (Å²) in [5.41, 5.74) is 0.817. The van der Waals surface area contributed by atoms with E-state index in [0.717, 1.165) is 14.9 Å². The molecule has 116 valence electrons. The summed E-state index contributed by atoms with van der Waals surface area (Å²) in [4.78, 5) is 36.1. The fourth-order valence-electron chi connectivity index (χ4n) is 1.93. The van der Waals surface area contributed by atoms with Crippen molar-refractivity contribution in [2.45, 2.75) is 13.0 Å². The molecule has 22 heavy (non-hydrogen) atoms. The Morgan fingerprint density at radius 2 is 2.14 bits per heavy atom. The Balaban J connectivity index is 1.92. The first-order valence-corrected chi connectivity index (χ1v) is 7.51. The number of rotatable bonds is 4. The third kappa shape index (κ3) is 3.94. The summed E-state index contributed by atoms with van der Waals surface area (Å²) in [5.74, 6) is -1.17. The molecule has 0 aromatic heterocycles. The Kier molecular flexibility index (Phi) is 5.32. The lowest BCUT2D eigenvalue weighted by Gasteiger charge is -2.17. The quantitative estimate of drug-likeness (QED) is 0.652. The van der Waals surface area contributed by atoms with Crippen LogP contribution in [0.3, 0.4) is 0 Å². The fourth-order valence-corrected chi connectivity index (χ4v) is 2.35. The van der Waals surface area contributed by atoms with Crippen LogP contribution in [0.25, 0.3) is 6.08 Å². The van der Waals surface area contributed by atoms with E-state index in [1.807, 2.05) is 24.3 Å². The molecule has 7 heteroatoms. The first-order valence-electron chi connectivity index (χ1n) is 6.71. The van der Waals surface area contributed by atoms with Gasteiger partial charge in [0, 0.05) is 23.6 Å². The molecule has 0 radical (unpaired) electrons. The minimum absolute atomic E-state index is 0.284. The number of nitrogens with one attached hydrogen (secondary N) is 1. The minimum Gasteiger partial charge on any atom is -0.449 e. The van der Waals surface area contributed by atoms with Crippen molar-refractivity contribution in [3.05, 3.63) is 40.4 Å². The molecular formula is C15H15BrN2O4. The van der Waals surface area contributed by atoms with Crippen LogP contribution >= 0.6 is 15.9 Å². The van der Waals surface area contributed by atoms with Crippen molar-refractivity contribution >= 4 is 39.9 Å². The summed E-state index contributed by atoms with van der Waals surface area (Å²) in [6, 6.07) is 6.92. The van der Waals surface area contributed by atoms with Gasteiger partial charge < -0.3 is 10.1 Å². The van der Waals surface area contributed by atoms with Gasteiger partial charge in [0.15, 0.2) is 6.10 Å². The molecule has 0 bridgehead atoms. The molecule has 1 atom stereocenters. The van der Waals surface area contributed by atoms with Gasteiger partial charge in [-0.15, -0.1) is 0 Å². The van der Waals surface area contributed by atoms with E-state index in [0.29, 0.717) is 6.54 Å². The average molecular weight is 367 g/mol. The Bertz CT molecular complexity index is 630. The fraction of sp³-hybridized carbons (Fsp3) is 0.267. The summed E-state index contributed by atoms with van der Waals surface area (Å²) in [6.45, 7) is 2.14. The number of hydrogen-bond donors (Lipinski definition) is 1. The van der Waals surface area contributed by atoms with Gasteiger partial charge in [0.1, 0.15) is 0 Å². The number of carbonyl (C=O) groups excluding carboxylic acids is 3. The van der Waals surface area contributed by atoms with E-state index in [9.17, 15) is 14.4 Å². The van der Waals surface area contributed by atoms with Gasteiger partial charge in [-0.25, -0.2) is 9.59 Å². The topological polar surface area (TPSA) is 75.7 Å². The van der Waals surface area contributed by atoms with E-state index in [1.165, 1.54) is 13.0 Å². The van der Waals surface area contributed by atoms with E-state index < -0.39 is 24.0 Å². The molecule has 1 saturated heterocycles. The Morgan fingerprint density at radius 3 is 2.77 bits per heavy atom. The van der Waals surface area contributed by atoms with Crippen molar-refractivity contribution in [3.63, 3.8) is 0 Å². The van der Waals surface area contributed by atoms with Crippen LogP contribution in [0.4, 0.5) is 4.79 Å². The van der Waals surface area contributed by atoms with Crippen molar-refractivity contribution in [2.24, 2.45) is 0 Å². The lowest BCUT2D eigenvalue weighted by Crippen LogP contribution is -2.41. The number of urea groups is 1. The lowest BCUT2D eigenvalue weighted by atomic mass is 10.2. The molecule has 1 aliphatic rings. The number of ether oxygens (including phenoxy) is 1. The van der Waals surface area contributed by atoms with Crippen molar-refractivity contribution < 1.29 is 19.1 Å². The Morgan fingerprint density at radius 1 is 1.41 bits per heavy atom. The highest BCUT2D eigenvalue weighted by Gasteiger charge is 2.31. The molecule has 1 N–H and O–H groups in total. The van der Waals surface area contributed by atoms with E-state index >= 15 is 0 Å². The van der Waals surface area contributed by atoms with Crippen LogP contribution in [0.15, 0.2) is 34.8 Å². The van der Waals surface area contributed by atoms with Crippen LogP contribution in [-0.4, -0.2) is 42.0 Å². The number of nitrogens with zero attached hydrogens (tertiary/aromatic N) is 1. The lowest BCUT2D eigenvalue weighted by molar-refractivity contribution is -0.153. The van der Waals surface area contributed by atoms with Crippen LogP contribution in [0.1, 0.15) is 12.5 Å². The summed E-state index contributed by atoms with van der Waals surface area (Å²) >= 11 is 3.36. The second-order valence-corrected chi connectivity index (χ2v) is 5.51. The highest BCUT2D eigenvalue weighted by Crippen LogP contribution is 2.17. The number of hydrogen-bond acceptors (Lipinski definition) is 4. The predicted molar refractivity (Wildman–Crippen MR) is 83.8 cm³/mol. The number of esters is 1. The average Bonchev–Trinajstić information content (AvgIpc) is 2.91. The molecule has 0 aliphatic carbocycles. The van der Waals surface area contributed by atoms with E-state index in [4.69, 9.17) is 4.74 Å². The number of carbonyl (C=O) groups is 3. The van der Waals surface area contributed by atoms with Crippen LogP contribution in [0.2, 0.25) is 0 Å². The smallest absolute Gasteiger partial charge is 0.331 e. The first kappa shape index (κ1) is 16.2. The number of halogens is 1. The van der Waals surface area contributed by atoms with Crippen LogP contribution in [-0.2, 0) is 14.3 Å². The van der Waals surface area contributed by atoms with Crippen molar-refractivity contribution in [1.82, 2.24) is 10.2 Å². The predicted octanol–water partition coefficient (Wildman–Crippen LogP) is 1.95. The van der Waals surface area contributed by atoms with Crippen molar-refractivity contribution in [2.75, 3.05) is 13.1 Å². The Labute approximate surface area is 136 Å². The van der Waals surface area contributed by atoms with Gasteiger partial charge in [0.25, 0.3) is 5.91 Å². The second kappa shape index (κ2) is 7.22. The van der Waals surface area contributed by atoms with Crippen molar-refractivity contribution in [1.29, 1.82) is 0 Å². The third-order valence-corrected chi connectivity index (χ3v) is 3.79. The maximum absolute atomic E-state index is 12.0. The molecule has 1 fully saturated rings. The normalized spacial score (nSPS) is 15.7. The molecule has 1 aromatic rings. The van der Waals surface area contributed by atoms with Crippen LogP contribution in [0.5, 0.6) is 0 Å². The van der Waals surface area contributed by atoms with Crippen LogP contribution in [0, 0.1) is 0 Å². The third-order valence-electron chi connectivity index (χ3n) is 3.07. The number of imide groups is 1. The molecule has 6 nitrogen and oxygen atoms in total. The molecule has 0 unspecified atom stereocenters. The van der Waals surface area contributed by atoms with Gasteiger partial charge in [-0.3, -0.25) is 9.69 Å². The zero-order valence-electron chi connectivity index (χ0n) is 11.9. The molecule has 3 amide bonds. The molecule has 0 spiro atoms. The van der Waals surface area contributed by atoms with Gasteiger partial charge in [-0.1, -0.05) is 34.1 Å². The highest BCUT2D eigenvalue weighted by atomic mass is 79.9. The summed E-state index contributed by atoms with van der Waals surface area (Å²) in [5, 5.41) is 2.52. The monoisotopic (exact) mass is 366 g/mol. The molecule has 0 saturated carbocycles. The molecule has 2 rings (SSSR count). The van der Waals surface area contributed by atoms with E-state index in [1.54, 1.807) is 6.08 Å². The highest BCUT2D eigenvalue weighted by molar-refractivity contribution is 9.10. The van der Waals surface area contributed by atoms with E-state index in [2.05, 4.69) is 21.2 Å². The van der Waals surface area contributed by atoms with Gasteiger partial charge in [0.05, 0.1) is 0 Å². The standard InChI is InChI=1S/C15H15BrN2O4/c1-10(14(20)18-9-8-17-15(18)21)22-13(19)7-6-11-4-2-3-5-12(11)16/h2-7,10H,8-9H2,1H3,(H,17,21)/b7-6+/t10-/m0/s1. The maximum Gasteiger partial charge on any atom is 0.331 e. The molecule has 1 aromatic carbocycles. The zero-order chi connectivity index (χ0) is 16.1. The van der Waals surface area contributed by atoms with Gasteiger partial charge in [-0.05, 0) is 24.6 Å². The SMILES string of the molecule is C[C@H](OC(=O)/C=C/c1ccccc1Br)C(=O)N1CCNC1=O. The minimum atomic E-state index is -1.01. The molecule has 1 heterocycles. The summed E-state index contributed by atoms with van der Waals surface area (Å²) in [7, 11) is 0. The first-order chi connectivity index (χ1) is 10.5. The summed E-state index contributed by atoms with van der Waals surface area (Å²) in [6.07, 6.45) is 1.82. The summed E-state index contributed by atoms with van der Waals surface area (Å²) < 4.78 is 5.87. The second-order valence-electron chi connectivity index (χ2n) is 4.66. The van der Waals surface area contributed by atoms with Crippen LogP contribution < -0.4 is 5.32 Å². The molecular weight excluding hydrogens is 352 g/mol. The Hall–Kier alpha value is -2.15. The number of amides is 3. The van der Waals surface area contributed by atoms with Crippen molar-refractivity contribution in [3.8, 4) is 0 Å². The zero-order valence-corrected chi connectivity index (χ0v) is 13.5. The largest absolute Gasteiger partial charge is 0.449 e. The molecule has 1 aliphatic heterocycles. The van der Waals surface area contributed by atoms with Gasteiger partial charge >= 0.3 is 12.0 Å². The van der Waals surface area contributed by atoms with Gasteiger partial charge in [-0.2, -0.15) is 0 Å². The van der Waals surface area contributed by atoms with E-state index in [-0.39, 0.29) is 6.54 Å². The maximum atomic E-state index is 12.0. The number of benzene rings is 1.